The van der Waals surface area contributed by atoms with Gasteiger partial charge in [-0.05, 0) is 0 Å². The van der Waals surface area contributed by atoms with E-state index in [1.54, 1.807) is 0 Å². The number of aliphatic hydroxyl groups excluding tert-OH is 3. The Morgan fingerprint density at radius 2 is 1.93 bits per heavy atom. The lowest BCUT2D eigenvalue weighted by Crippen LogP contribution is -2.14. The summed E-state index contributed by atoms with van der Waals surface area (Å²) in [6.45, 7) is -0.341. The third-order valence-corrected chi connectivity index (χ3v) is 2.50. The topological polar surface area (TPSA) is 86.5 Å². The summed E-state index contributed by atoms with van der Waals surface area (Å²) in [5.74, 6) is 0.356. The molecule has 5 nitrogen and oxygen atoms in total. The van der Waals surface area contributed by atoms with Gasteiger partial charge < -0.3 is 15.3 Å². The van der Waals surface area contributed by atoms with Crippen molar-refractivity contribution in [1.82, 2.24) is 9.97 Å². The molecule has 3 N–H and O–H groups in total. The molecule has 78 valence electrons. The van der Waals surface area contributed by atoms with Gasteiger partial charge in [-0.15, -0.1) is 0 Å². The minimum atomic E-state index is -0.749. The van der Waals surface area contributed by atoms with E-state index in [-0.39, 0.29) is 13.2 Å². The monoisotopic (exact) mass is 216 g/mol. The highest BCUT2D eigenvalue weighted by Gasteiger charge is 2.04. The summed E-state index contributed by atoms with van der Waals surface area (Å²) < 4.78 is 0. The molecule has 0 aliphatic heterocycles. The smallest absolute Gasteiger partial charge is 0.187 e. The molecule has 0 fully saturated rings. The maximum absolute atomic E-state index is 9.05. The van der Waals surface area contributed by atoms with Crippen LogP contribution in [0.4, 0.5) is 0 Å². The van der Waals surface area contributed by atoms with Crippen LogP contribution in [-0.2, 0) is 6.61 Å². The Kier molecular flexibility index (Phi) is 4.81. The zero-order chi connectivity index (χ0) is 10.4. The lowest BCUT2D eigenvalue weighted by atomic mass is 10.4. The van der Waals surface area contributed by atoms with Crippen LogP contribution in [0.5, 0.6) is 0 Å². The van der Waals surface area contributed by atoms with E-state index in [0.29, 0.717) is 16.5 Å². The molecular weight excluding hydrogens is 204 g/mol. The van der Waals surface area contributed by atoms with E-state index in [9.17, 15) is 0 Å². The van der Waals surface area contributed by atoms with E-state index >= 15 is 0 Å². The van der Waals surface area contributed by atoms with Crippen LogP contribution in [0, 0.1) is 0 Å². The van der Waals surface area contributed by atoms with Gasteiger partial charge in [0, 0.05) is 23.7 Å². The minimum absolute atomic E-state index is 0.0792. The molecular formula is C8H12N2O3S. The predicted octanol–water partition coefficient (Wildman–Crippen LogP) is -0.586. The Morgan fingerprint density at radius 3 is 2.43 bits per heavy atom. The largest absolute Gasteiger partial charge is 0.394 e. The average molecular weight is 216 g/mol. The van der Waals surface area contributed by atoms with Crippen LogP contribution in [0.15, 0.2) is 17.6 Å². The second kappa shape index (κ2) is 5.92. The van der Waals surface area contributed by atoms with Crippen molar-refractivity contribution in [3.63, 3.8) is 0 Å². The van der Waals surface area contributed by atoms with Crippen molar-refractivity contribution in [3.8, 4) is 0 Å². The molecule has 1 atom stereocenters. The van der Waals surface area contributed by atoms with Crippen LogP contribution in [-0.4, -0.2) is 43.8 Å². The summed E-state index contributed by atoms with van der Waals surface area (Å²) in [6.07, 6.45) is 2.31. The van der Waals surface area contributed by atoms with Crippen LogP contribution in [0.25, 0.3) is 0 Å². The van der Waals surface area contributed by atoms with E-state index in [1.807, 2.05) is 0 Å². The highest BCUT2D eigenvalue weighted by molar-refractivity contribution is 7.99. The normalized spacial score (nSPS) is 12.8. The molecule has 0 saturated carbocycles. The van der Waals surface area contributed by atoms with Gasteiger partial charge in [-0.2, -0.15) is 0 Å². The Morgan fingerprint density at radius 1 is 1.29 bits per heavy atom. The Labute approximate surface area is 85.8 Å². The SMILES string of the molecule is OCc1cnc(SCC(O)CO)nc1. The third-order valence-electron chi connectivity index (χ3n) is 1.48. The molecule has 6 heteroatoms. The van der Waals surface area contributed by atoms with Crippen molar-refractivity contribution < 1.29 is 15.3 Å². The number of thioether (sulfide) groups is 1. The average Bonchev–Trinajstić information content (AvgIpc) is 2.26. The molecule has 1 unspecified atom stereocenters. The van der Waals surface area contributed by atoms with Gasteiger partial charge in [-0.3, -0.25) is 0 Å². The number of nitrogens with zero attached hydrogens (tertiary/aromatic N) is 2. The van der Waals surface area contributed by atoms with Gasteiger partial charge in [-0.1, -0.05) is 11.8 Å². The summed E-state index contributed by atoms with van der Waals surface area (Å²) in [5, 5.41) is 26.9. The molecule has 1 aromatic heterocycles. The van der Waals surface area contributed by atoms with Gasteiger partial charge in [0.1, 0.15) is 0 Å². The number of aromatic nitrogens is 2. The van der Waals surface area contributed by atoms with Crippen molar-refractivity contribution in [3.05, 3.63) is 18.0 Å². The van der Waals surface area contributed by atoms with E-state index < -0.39 is 6.10 Å². The third kappa shape index (κ3) is 3.59. The van der Waals surface area contributed by atoms with E-state index in [0.717, 1.165) is 0 Å². The van der Waals surface area contributed by atoms with Crippen LogP contribution < -0.4 is 0 Å². The van der Waals surface area contributed by atoms with E-state index in [4.69, 9.17) is 15.3 Å². The number of rotatable bonds is 5. The summed E-state index contributed by atoms with van der Waals surface area (Å²) in [7, 11) is 0. The fourth-order valence-electron chi connectivity index (χ4n) is 0.723. The molecule has 1 aromatic rings. The van der Waals surface area contributed by atoms with Crippen LogP contribution in [0.3, 0.4) is 0 Å². The van der Waals surface area contributed by atoms with Gasteiger partial charge >= 0.3 is 0 Å². The molecule has 0 aliphatic rings. The van der Waals surface area contributed by atoms with Crippen molar-refractivity contribution in [2.24, 2.45) is 0 Å². The first-order chi connectivity index (χ1) is 6.76. The Balaban J connectivity index is 2.43. The zero-order valence-electron chi connectivity index (χ0n) is 7.50. The molecule has 0 aromatic carbocycles. The van der Waals surface area contributed by atoms with Crippen LogP contribution in [0.1, 0.15) is 5.56 Å². The highest BCUT2D eigenvalue weighted by atomic mass is 32.2. The van der Waals surface area contributed by atoms with Gasteiger partial charge in [0.15, 0.2) is 5.16 Å². The maximum atomic E-state index is 9.05. The van der Waals surface area contributed by atoms with Crippen LogP contribution >= 0.6 is 11.8 Å². The second-order valence-electron chi connectivity index (χ2n) is 2.68. The van der Waals surface area contributed by atoms with E-state index in [2.05, 4.69) is 9.97 Å². The van der Waals surface area contributed by atoms with Crippen molar-refractivity contribution in [2.75, 3.05) is 12.4 Å². The second-order valence-corrected chi connectivity index (χ2v) is 3.67. The number of hydrogen-bond donors (Lipinski definition) is 3. The molecule has 0 amide bonds. The van der Waals surface area contributed by atoms with Crippen molar-refractivity contribution >= 4 is 11.8 Å². The fraction of sp³-hybridized carbons (Fsp3) is 0.500. The molecule has 0 radical (unpaired) electrons. The summed E-state index contributed by atoms with van der Waals surface area (Å²) in [5.41, 5.74) is 0.650. The first kappa shape index (κ1) is 11.4. The molecule has 0 spiro atoms. The van der Waals surface area contributed by atoms with Crippen molar-refractivity contribution in [1.29, 1.82) is 0 Å². The molecule has 14 heavy (non-hydrogen) atoms. The molecule has 1 rings (SSSR count). The van der Waals surface area contributed by atoms with Gasteiger partial charge in [-0.25, -0.2) is 9.97 Å². The zero-order valence-corrected chi connectivity index (χ0v) is 8.31. The molecule has 0 aliphatic carbocycles. The lowest BCUT2D eigenvalue weighted by Gasteiger charge is -2.04. The summed E-state index contributed by atoms with van der Waals surface area (Å²) in [4.78, 5) is 7.91. The van der Waals surface area contributed by atoms with Crippen LogP contribution in [0.2, 0.25) is 0 Å². The first-order valence-corrected chi connectivity index (χ1v) is 5.08. The highest BCUT2D eigenvalue weighted by Crippen LogP contribution is 2.13. The molecule has 0 bridgehead atoms. The fourth-order valence-corrected chi connectivity index (χ4v) is 1.42. The van der Waals surface area contributed by atoms with Crippen molar-refractivity contribution in [2.45, 2.75) is 17.9 Å². The van der Waals surface area contributed by atoms with E-state index in [1.165, 1.54) is 24.2 Å². The summed E-state index contributed by atoms with van der Waals surface area (Å²) >= 11 is 1.26. The number of aliphatic hydroxyl groups is 3. The quantitative estimate of drug-likeness (QED) is 0.451. The Bertz CT molecular complexity index is 268. The summed E-state index contributed by atoms with van der Waals surface area (Å²) in [6, 6.07) is 0. The molecule has 0 saturated heterocycles. The predicted molar refractivity (Wildman–Crippen MR) is 51.8 cm³/mol. The Hall–Kier alpha value is -0.690. The van der Waals surface area contributed by atoms with Gasteiger partial charge in [0.25, 0.3) is 0 Å². The van der Waals surface area contributed by atoms with Gasteiger partial charge in [0.05, 0.1) is 19.3 Å². The number of hydrogen-bond acceptors (Lipinski definition) is 6. The molecule has 1 heterocycles. The lowest BCUT2D eigenvalue weighted by molar-refractivity contribution is 0.113. The van der Waals surface area contributed by atoms with Gasteiger partial charge in [0.2, 0.25) is 0 Å². The maximum Gasteiger partial charge on any atom is 0.187 e. The minimum Gasteiger partial charge on any atom is -0.394 e. The standard InChI is InChI=1S/C8H12N2O3S/c11-3-6-1-9-8(10-2-6)14-5-7(13)4-12/h1-2,7,11-13H,3-5H2. The first-order valence-electron chi connectivity index (χ1n) is 4.09.